The first-order valence-corrected chi connectivity index (χ1v) is 6.39. The summed E-state index contributed by atoms with van der Waals surface area (Å²) >= 11 is 0. The number of hydrogen-bond acceptors (Lipinski definition) is 4. The standard InChI is InChI=1S/C16H12N2O4/c19-15(12-4-2-1-3-5-12)10-11-16(20)17-13-6-8-14(9-7-13)18(21)22/h1-11H,(H,17,20). The van der Waals surface area contributed by atoms with Crippen molar-refractivity contribution < 1.29 is 14.5 Å². The number of anilines is 1. The molecule has 2 aromatic rings. The summed E-state index contributed by atoms with van der Waals surface area (Å²) in [6.45, 7) is 0. The van der Waals surface area contributed by atoms with Crippen molar-refractivity contribution in [3.63, 3.8) is 0 Å². The zero-order valence-electron chi connectivity index (χ0n) is 11.4. The van der Waals surface area contributed by atoms with E-state index < -0.39 is 10.8 Å². The van der Waals surface area contributed by atoms with Crippen LogP contribution in [0.1, 0.15) is 10.4 Å². The number of rotatable bonds is 5. The molecule has 0 spiro atoms. The van der Waals surface area contributed by atoms with Gasteiger partial charge in [-0.05, 0) is 18.2 Å². The van der Waals surface area contributed by atoms with E-state index in [2.05, 4.69) is 5.32 Å². The topological polar surface area (TPSA) is 89.3 Å². The summed E-state index contributed by atoms with van der Waals surface area (Å²) in [5, 5.41) is 13.0. The lowest BCUT2D eigenvalue weighted by Gasteiger charge is -2.01. The highest BCUT2D eigenvalue weighted by atomic mass is 16.6. The van der Waals surface area contributed by atoms with Crippen LogP contribution in [0.5, 0.6) is 0 Å². The third-order valence-electron chi connectivity index (χ3n) is 2.79. The van der Waals surface area contributed by atoms with Crippen molar-refractivity contribution in [2.24, 2.45) is 0 Å². The monoisotopic (exact) mass is 296 g/mol. The molecule has 0 aliphatic rings. The van der Waals surface area contributed by atoms with Gasteiger partial charge in [0.05, 0.1) is 4.92 Å². The molecule has 0 fully saturated rings. The lowest BCUT2D eigenvalue weighted by molar-refractivity contribution is -0.384. The summed E-state index contributed by atoms with van der Waals surface area (Å²) in [5.74, 6) is -0.766. The van der Waals surface area contributed by atoms with E-state index in [1.165, 1.54) is 30.3 Å². The number of non-ortho nitro benzene ring substituents is 1. The number of carbonyl (C=O) groups excluding carboxylic acids is 2. The smallest absolute Gasteiger partial charge is 0.269 e. The third-order valence-corrected chi connectivity index (χ3v) is 2.79. The number of amides is 1. The Hall–Kier alpha value is -3.28. The Morgan fingerprint density at radius 1 is 0.955 bits per heavy atom. The normalized spacial score (nSPS) is 10.4. The number of nitrogens with one attached hydrogen (secondary N) is 1. The number of carbonyl (C=O) groups is 2. The number of hydrogen-bond donors (Lipinski definition) is 1. The van der Waals surface area contributed by atoms with Gasteiger partial charge in [0.2, 0.25) is 5.91 Å². The summed E-state index contributed by atoms with van der Waals surface area (Å²) in [5.41, 5.74) is 0.835. The van der Waals surface area contributed by atoms with Crippen LogP contribution in [0, 0.1) is 10.1 Å². The summed E-state index contributed by atoms with van der Waals surface area (Å²) in [7, 11) is 0. The number of ketones is 1. The number of allylic oxidation sites excluding steroid dienone is 1. The van der Waals surface area contributed by atoms with Gasteiger partial charge in [-0.25, -0.2) is 0 Å². The average molecular weight is 296 g/mol. The fraction of sp³-hybridized carbons (Fsp3) is 0. The molecule has 0 saturated carbocycles. The molecule has 110 valence electrons. The highest BCUT2D eigenvalue weighted by Gasteiger charge is 2.05. The molecule has 2 rings (SSSR count). The highest BCUT2D eigenvalue weighted by Crippen LogP contribution is 2.15. The number of nitrogens with zero attached hydrogens (tertiary/aromatic N) is 1. The molecule has 6 nitrogen and oxygen atoms in total. The van der Waals surface area contributed by atoms with Crippen LogP contribution in [-0.4, -0.2) is 16.6 Å². The molecule has 0 bridgehead atoms. The average Bonchev–Trinajstić information content (AvgIpc) is 2.54. The Bertz CT molecular complexity index is 722. The predicted molar refractivity (Wildman–Crippen MR) is 81.6 cm³/mol. The molecule has 0 aliphatic heterocycles. The van der Waals surface area contributed by atoms with Crippen molar-refractivity contribution in [1.82, 2.24) is 0 Å². The molecular formula is C16H12N2O4. The van der Waals surface area contributed by atoms with Gasteiger partial charge in [0.1, 0.15) is 0 Å². The van der Waals surface area contributed by atoms with Gasteiger partial charge < -0.3 is 5.32 Å². The van der Waals surface area contributed by atoms with E-state index in [4.69, 9.17) is 0 Å². The van der Waals surface area contributed by atoms with E-state index in [-0.39, 0.29) is 11.5 Å². The van der Waals surface area contributed by atoms with Crippen LogP contribution in [0.25, 0.3) is 0 Å². The summed E-state index contributed by atoms with van der Waals surface area (Å²) in [6, 6.07) is 14.0. The molecule has 6 heteroatoms. The maximum Gasteiger partial charge on any atom is 0.269 e. The molecule has 1 N–H and O–H groups in total. The molecule has 0 aromatic heterocycles. The van der Waals surface area contributed by atoms with Crippen molar-refractivity contribution in [2.75, 3.05) is 5.32 Å². The summed E-state index contributed by atoms with van der Waals surface area (Å²) < 4.78 is 0. The number of nitro benzene ring substituents is 1. The molecule has 0 unspecified atom stereocenters. The minimum Gasteiger partial charge on any atom is -0.323 e. The van der Waals surface area contributed by atoms with Gasteiger partial charge in [-0.2, -0.15) is 0 Å². The summed E-state index contributed by atoms with van der Waals surface area (Å²) in [6.07, 6.45) is 2.30. The van der Waals surface area contributed by atoms with Crippen LogP contribution in [0.15, 0.2) is 66.7 Å². The van der Waals surface area contributed by atoms with Crippen LogP contribution < -0.4 is 5.32 Å². The highest BCUT2D eigenvalue weighted by molar-refractivity contribution is 6.09. The maximum absolute atomic E-state index is 11.8. The van der Waals surface area contributed by atoms with Crippen molar-refractivity contribution in [3.05, 3.63) is 82.4 Å². The molecule has 1 amide bonds. The fourth-order valence-electron chi connectivity index (χ4n) is 1.70. The Balaban J connectivity index is 1.96. The lowest BCUT2D eigenvalue weighted by Crippen LogP contribution is -2.08. The molecule has 0 saturated heterocycles. The van der Waals surface area contributed by atoms with E-state index >= 15 is 0 Å². The van der Waals surface area contributed by atoms with Crippen molar-refractivity contribution in [3.8, 4) is 0 Å². The van der Waals surface area contributed by atoms with Gasteiger partial charge in [0, 0.05) is 29.5 Å². The minimum atomic E-state index is -0.524. The van der Waals surface area contributed by atoms with Gasteiger partial charge in [0.15, 0.2) is 5.78 Å². The van der Waals surface area contributed by atoms with E-state index in [0.29, 0.717) is 11.3 Å². The van der Waals surface area contributed by atoms with Gasteiger partial charge in [-0.1, -0.05) is 30.3 Å². The van der Waals surface area contributed by atoms with Gasteiger partial charge >= 0.3 is 0 Å². The van der Waals surface area contributed by atoms with Crippen LogP contribution in [0.4, 0.5) is 11.4 Å². The molecule has 0 heterocycles. The first-order valence-electron chi connectivity index (χ1n) is 6.39. The molecule has 2 aromatic carbocycles. The van der Waals surface area contributed by atoms with Crippen molar-refractivity contribution >= 4 is 23.1 Å². The molecule has 0 radical (unpaired) electrons. The van der Waals surface area contributed by atoms with Crippen molar-refractivity contribution in [2.45, 2.75) is 0 Å². The van der Waals surface area contributed by atoms with Crippen molar-refractivity contribution in [1.29, 1.82) is 0 Å². The second-order valence-corrected chi connectivity index (χ2v) is 4.36. The molecule has 0 atom stereocenters. The second-order valence-electron chi connectivity index (χ2n) is 4.36. The lowest BCUT2D eigenvalue weighted by atomic mass is 10.1. The minimum absolute atomic E-state index is 0.0622. The predicted octanol–water partition coefficient (Wildman–Crippen LogP) is 2.97. The number of nitro groups is 1. The summed E-state index contributed by atoms with van der Waals surface area (Å²) in [4.78, 5) is 33.5. The Kier molecular flexibility index (Phi) is 4.77. The molecular weight excluding hydrogens is 284 g/mol. The van der Waals surface area contributed by atoms with Gasteiger partial charge in [0.25, 0.3) is 5.69 Å². The Morgan fingerprint density at radius 2 is 1.59 bits per heavy atom. The van der Waals surface area contributed by atoms with Crippen LogP contribution in [0.3, 0.4) is 0 Å². The molecule has 0 aliphatic carbocycles. The Labute approximate surface area is 126 Å². The van der Waals surface area contributed by atoms with Crippen LogP contribution >= 0.6 is 0 Å². The largest absolute Gasteiger partial charge is 0.323 e. The van der Waals surface area contributed by atoms with E-state index in [1.807, 2.05) is 0 Å². The van der Waals surface area contributed by atoms with E-state index in [9.17, 15) is 19.7 Å². The molecule has 22 heavy (non-hydrogen) atoms. The van der Waals surface area contributed by atoms with Gasteiger partial charge in [-0.15, -0.1) is 0 Å². The van der Waals surface area contributed by atoms with Crippen LogP contribution in [0.2, 0.25) is 0 Å². The first kappa shape index (κ1) is 15.1. The zero-order valence-corrected chi connectivity index (χ0v) is 11.4. The SMILES string of the molecule is O=C(C=CC(=O)c1ccccc1)Nc1ccc([N+](=O)[O-])cc1. The van der Waals surface area contributed by atoms with Crippen LogP contribution in [-0.2, 0) is 4.79 Å². The Morgan fingerprint density at radius 3 is 2.18 bits per heavy atom. The van der Waals surface area contributed by atoms with E-state index in [1.54, 1.807) is 30.3 Å². The second kappa shape index (κ2) is 6.94. The van der Waals surface area contributed by atoms with E-state index in [0.717, 1.165) is 6.08 Å². The first-order chi connectivity index (χ1) is 10.6. The maximum atomic E-state index is 11.8. The number of benzene rings is 2. The quantitative estimate of drug-likeness (QED) is 0.397. The van der Waals surface area contributed by atoms with Gasteiger partial charge in [-0.3, -0.25) is 19.7 Å². The third kappa shape index (κ3) is 4.11. The fourth-order valence-corrected chi connectivity index (χ4v) is 1.70. The zero-order chi connectivity index (χ0) is 15.9.